The molecule has 2 aromatic carbocycles. The molecule has 3 amide bonds. The van der Waals surface area contributed by atoms with Gasteiger partial charge in [0.1, 0.15) is 59.6 Å². The molecule has 684 valence electrons. The maximum Gasteiger partial charge on any atom is 0.407 e. The van der Waals surface area contributed by atoms with E-state index >= 15 is 0 Å². The molecular weight excluding hydrogens is 1610 g/mol. The number of nitrogens with one attached hydrogen (secondary N) is 2. The third-order valence-electron chi connectivity index (χ3n) is 22.9. The van der Waals surface area contributed by atoms with E-state index in [2.05, 4.69) is 25.6 Å². The van der Waals surface area contributed by atoms with Crippen molar-refractivity contribution in [2.45, 2.75) is 199 Å². The Kier molecular flexibility index (Phi) is 40.7. The molecule has 35 nitrogen and oxygen atoms in total. The molecule has 3 fully saturated rings. The van der Waals surface area contributed by atoms with Crippen LogP contribution >= 0.6 is 0 Å². The fourth-order valence-electron chi connectivity index (χ4n) is 15.7. The van der Waals surface area contributed by atoms with Crippen molar-refractivity contribution in [3.63, 3.8) is 0 Å². The molecule has 2 bridgehead atoms. The van der Waals surface area contributed by atoms with Crippen molar-refractivity contribution >= 4 is 75.2 Å². The summed E-state index contributed by atoms with van der Waals surface area (Å²) in [7, 11) is 3.06. The van der Waals surface area contributed by atoms with E-state index in [1.807, 2.05) is 80.6 Å². The number of ether oxygens (including phenoxy) is 13. The number of ketones is 3. The third-order valence-corrected chi connectivity index (χ3v) is 22.9. The van der Waals surface area contributed by atoms with Crippen LogP contribution in [0.3, 0.4) is 0 Å². The lowest BCUT2D eigenvalue weighted by Gasteiger charge is -2.42. The average Bonchev–Trinajstić information content (AvgIpc) is 1.19. The number of cyclic esters (lactones) is 1. The summed E-state index contributed by atoms with van der Waals surface area (Å²) in [5.41, 5.74) is 25.1. The highest BCUT2D eigenvalue weighted by atomic mass is 16.6. The lowest BCUT2D eigenvalue weighted by molar-refractivity contribution is -0.265. The zero-order valence-corrected chi connectivity index (χ0v) is 72.8. The number of nitrogens with two attached hydrogens (primary N) is 3. The molecule has 1 saturated carbocycles. The summed E-state index contributed by atoms with van der Waals surface area (Å²) < 4.78 is 81.9. The van der Waals surface area contributed by atoms with Gasteiger partial charge in [-0.15, -0.1) is 0 Å². The number of carbonyl (C=O) groups is 7. The zero-order chi connectivity index (χ0) is 89.1. The van der Waals surface area contributed by atoms with E-state index in [0.717, 1.165) is 27.2 Å². The van der Waals surface area contributed by atoms with Crippen molar-refractivity contribution in [2.75, 3.05) is 144 Å². The molecule has 0 spiro atoms. The van der Waals surface area contributed by atoms with Crippen molar-refractivity contribution in [1.82, 2.24) is 40.3 Å². The van der Waals surface area contributed by atoms with Gasteiger partial charge in [-0.25, -0.2) is 24.2 Å². The molecule has 15 atom stereocenters. The average molecular weight is 1740 g/mol. The Balaban J connectivity index is 0.591. The second-order valence-electron chi connectivity index (χ2n) is 32.3. The number of aromatic nitrogens is 5. The number of carbonyl (C=O) groups excluding carboxylic acids is 7. The number of oxazole rings is 1. The first kappa shape index (κ1) is 98.9. The molecule has 0 radical (unpaired) electrons. The number of benzene rings is 2. The van der Waals surface area contributed by atoms with Gasteiger partial charge in [-0.05, 0) is 130 Å². The van der Waals surface area contributed by atoms with Gasteiger partial charge in [-0.1, -0.05) is 88.4 Å². The Morgan fingerprint density at radius 2 is 1.34 bits per heavy atom. The summed E-state index contributed by atoms with van der Waals surface area (Å²) in [6, 6.07) is 11.2. The molecule has 3 aromatic heterocycles. The number of hydrogen-bond donors (Lipinski definition) is 8. The van der Waals surface area contributed by atoms with Crippen LogP contribution in [-0.2, 0) is 103 Å². The summed E-state index contributed by atoms with van der Waals surface area (Å²) in [6.07, 6.45) is 8.37. The van der Waals surface area contributed by atoms with Crippen LogP contribution in [0.5, 0.6) is 0 Å². The summed E-state index contributed by atoms with van der Waals surface area (Å²) in [4.78, 5) is 111. The van der Waals surface area contributed by atoms with E-state index in [1.165, 1.54) is 26.4 Å². The Morgan fingerprint density at radius 3 is 1.99 bits per heavy atom. The Labute approximate surface area is 724 Å². The number of rotatable bonds is 38. The van der Waals surface area contributed by atoms with Gasteiger partial charge in [-0.3, -0.25) is 24.0 Å². The Bertz CT molecular complexity index is 4350. The minimum atomic E-state index is -2.51. The number of nitrogens with zero attached hydrogens (tertiary/aromatic N) is 6. The second kappa shape index (κ2) is 51.0. The number of piperidine rings is 1. The van der Waals surface area contributed by atoms with Gasteiger partial charge < -0.3 is 114 Å². The predicted octanol–water partition coefficient (Wildman–Crippen LogP) is 6.95. The molecule has 35 heteroatoms. The van der Waals surface area contributed by atoms with Crippen LogP contribution in [0, 0.1) is 29.6 Å². The lowest BCUT2D eigenvalue weighted by Crippen LogP contribution is -2.61. The fraction of sp³-hybridized carbons (Fsp3) is 0.629. The van der Waals surface area contributed by atoms with Crippen molar-refractivity contribution in [3.8, 4) is 11.3 Å². The number of amides is 3. The first-order valence-electron chi connectivity index (χ1n) is 43.2. The van der Waals surface area contributed by atoms with Gasteiger partial charge >= 0.3 is 12.1 Å². The molecule has 1 aliphatic carbocycles. The summed E-state index contributed by atoms with van der Waals surface area (Å²) in [5.74, 6) is -9.13. The quantitative estimate of drug-likeness (QED) is 0.00857. The first-order valence-corrected chi connectivity index (χ1v) is 43.2. The highest BCUT2D eigenvalue weighted by Gasteiger charge is 2.53. The van der Waals surface area contributed by atoms with E-state index in [4.69, 9.17) is 88.3 Å². The number of anilines is 2. The monoisotopic (exact) mass is 1740 g/mol. The number of nitrogen functional groups attached to an aromatic ring is 2. The molecule has 6 heterocycles. The fourth-order valence-corrected chi connectivity index (χ4v) is 15.7. The van der Waals surface area contributed by atoms with E-state index in [0.29, 0.717) is 184 Å². The number of aliphatic hydroxyl groups is 3. The minimum absolute atomic E-state index is 0.00293. The second-order valence-corrected chi connectivity index (χ2v) is 32.3. The number of allylic oxidation sites excluding steroid dienone is 6. The van der Waals surface area contributed by atoms with Crippen LogP contribution in [0.2, 0.25) is 0 Å². The third kappa shape index (κ3) is 30.2. The smallest absolute Gasteiger partial charge is 0.407 e. The van der Waals surface area contributed by atoms with Crippen molar-refractivity contribution in [1.29, 1.82) is 0 Å². The van der Waals surface area contributed by atoms with Gasteiger partial charge in [-0.2, -0.15) is 10.1 Å². The number of Topliss-reactive ketones (excluding diaryl/α,β-unsaturated/α-hetero) is 3. The van der Waals surface area contributed by atoms with Gasteiger partial charge in [0.05, 0.1) is 136 Å². The molecule has 11 N–H and O–H groups in total. The van der Waals surface area contributed by atoms with Crippen molar-refractivity contribution in [3.05, 3.63) is 108 Å². The highest BCUT2D eigenvalue weighted by Crippen LogP contribution is 2.39. The van der Waals surface area contributed by atoms with Crippen LogP contribution in [0.4, 0.5) is 16.6 Å². The van der Waals surface area contributed by atoms with E-state index in [1.54, 1.807) is 38.6 Å². The molecule has 0 unspecified atom stereocenters. The van der Waals surface area contributed by atoms with Gasteiger partial charge in [0.2, 0.25) is 11.7 Å². The molecule has 3 aliphatic heterocycles. The van der Waals surface area contributed by atoms with Crippen LogP contribution in [0.15, 0.2) is 101 Å². The maximum absolute atomic E-state index is 14.6. The number of esters is 1. The maximum atomic E-state index is 14.6. The van der Waals surface area contributed by atoms with Crippen LogP contribution < -0.4 is 27.8 Å². The summed E-state index contributed by atoms with van der Waals surface area (Å²) in [5, 5.41) is 45.7. The SMILES string of the molecule is CO[C@H]1C[C@@H]2CC[C@@H](C)[C@@](O)(O2)C(=O)C(=O)N2CCCC[C@H]2C(=O)O[C@H]([C@H](N)C[C@@H]2CC[C@@H](OC(=O)NCCOCCOCCOCCOCCOCCOCCOCCOCCC(=O)NCc3ccc(Cn4nc(-c5ccc6oc(N)nc6c5)c5c(N)ncnc54)cc3)[C@H](OC)C2)CC(=O)[C@H](C)/C=C(\C)[C@@H](O)[C@@H](O)C(=O)[C@H](C)C[C@H](C)/C=C/C=C/C=C/1C. The highest BCUT2D eigenvalue weighted by molar-refractivity contribution is 6.39. The summed E-state index contributed by atoms with van der Waals surface area (Å²) >= 11 is 0. The number of aliphatic hydroxyl groups excluding tert-OH is 2. The largest absolute Gasteiger partial charge is 0.459 e. The van der Waals surface area contributed by atoms with E-state index in [9.17, 15) is 48.9 Å². The molecular formula is C89H129N11O24. The predicted molar refractivity (Wildman–Crippen MR) is 457 cm³/mol. The van der Waals surface area contributed by atoms with Crippen LogP contribution in [-0.4, -0.2) is 280 Å². The van der Waals surface area contributed by atoms with Gasteiger partial charge in [0, 0.05) is 82.5 Å². The Morgan fingerprint density at radius 1 is 0.694 bits per heavy atom. The van der Waals surface area contributed by atoms with E-state index < -0.39 is 120 Å². The minimum Gasteiger partial charge on any atom is -0.459 e. The lowest BCUT2D eigenvalue weighted by atomic mass is 9.80. The van der Waals surface area contributed by atoms with Crippen LogP contribution in [0.1, 0.15) is 136 Å². The van der Waals surface area contributed by atoms with E-state index in [-0.39, 0.29) is 87.9 Å². The molecule has 4 aliphatic rings. The normalized spacial score (nSPS) is 26.8. The number of methoxy groups -OCH3 is 2. The van der Waals surface area contributed by atoms with Gasteiger partial charge in [0.15, 0.2) is 17.0 Å². The van der Waals surface area contributed by atoms with Crippen LogP contribution in [0.25, 0.3) is 33.4 Å². The molecule has 124 heavy (non-hydrogen) atoms. The molecule has 5 aromatic rings. The summed E-state index contributed by atoms with van der Waals surface area (Å²) in [6.45, 7) is 16.8. The molecule has 2 saturated heterocycles. The topological polar surface area (TPSA) is 475 Å². The number of hydrogen-bond acceptors (Lipinski definition) is 31. The van der Waals surface area contributed by atoms with Gasteiger partial charge in [0.25, 0.3) is 17.7 Å². The standard InChI is InChI=1S/C89H129N11O24/c1-56-14-10-9-11-15-57(2)73(111-7)51-66-24-17-61(6)89(110,124-66)82(106)85(107)99-29-13-12-16-69(99)86(108)121-74(52-70(101)58(3)47-60(5)80(104)81(105)79(103)59(4)46-56)67(90)48-64-22-25-72(75(49-64)112-8)123-88(109)93-28-31-114-33-35-116-37-39-118-41-43-120-45-44-119-42-40-117-38-36-115-34-32-113-30-27-76(102)94-53-62-18-20-63(21-19-62)54-100-84-77(83(91)95-55-96-84)78(98-100)65-23-26-71-68(50-65)97-87(92)122-71/h9-11,14-15,18-21,23,26,47,50,55-56,58-59,61,64,66-67,69,72-75,80-81,104-105,110H,12-13,16-17,22,24-25,27-46,48-49,51-54,90H2,1-8H3,(H2,92,97)(H,93,109)(H,94,102)(H2,91,95,96)/b11-9+,14-10+,57-15+,60-47+/t56-,58-,59-,61-,64+,66+,67-,69+,72-,73+,74+,75-,80-,81+,89-/m1/s1. The van der Waals surface area contributed by atoms with Crippen molar-refractivity contribution < 1.29 is 115 Å². The zero-order valence-electron chi connectivity index (χ0n) is 72.8. The molecule has 9 rings (SSSR count). The Hall–Kier alpha value is -8.89. The van der Waals surface area contributed by atoms with Crippen molar-refractivity contribution in [2.24, 2.45) is 35.3 Å². The number of fused-ring (bicyclic) bond motifs is 5. The number of alkyl carbamates (subject to hydrolysis) is 1. The first-order chi connectivity index (χ1) is 59.7.